The first kappa shape index (κ1) is 15.0. The van der Waals surface area contributed by atoms with E-state index >= 15 is 0 Å². The number of nitrogens with zero attached hydrogens (tertiary/aromatic N) is 2. The second-order valence-electron chi connectivity index (χ2n) is 5.74. The van der Waals surface area contributed by atoms with Gasteiger partial charge in [0.05, 0.1) is 18.7 Å². The number of amides is 1. The highest BCUT2D eigenvalue weighted by Crippen LogP contribution is 2.27. The summed E-state index contributed by atoms with van der Waals surface area (Å²) in [6.07, 6.45) is 4.88. The Morgan fingerprint density at radius 2 is 2.09 bits per heavy atom. The first-order chi connectivity index (χ1) is 10.6. The fourth-order valence-electron chi connectivity index (χ4n) is 2.72. The van der Waals surface area contributed by atoms with E-state index in [4.69, 9.17) is 0 Å². The molecule has 1 aliphatic rings. The molecule has 22 heavy (non-hydrogen) atoms. The summed E-state index contributed by atoms with van der Waals surface area (Å²) < 4.78 is 0. The largest absolute Gasteiger partial charge is 0.508 e. The van der Waals surface area contributed by atoms with Crippen LogP contribution in [0.5, 0.6) is 5.75 Å². The minimum atomic E-state index is -0.00493. The van der Waals surface area contributed by atoms with Crippen LogP contribution < -0.4 is 0 Å². The maximum Gasteiger partial charge on any atom is 0.227 e. The second kappa shape index (κ2) is 6.48. The predicted molar refractivity (Wildman–Crippen MR) is 87.0 cm³/mol. The number of benzene rings is 1. The van der Waals surface area contributed by atoms with Crippen LogP contribution in [0.25, 0.3) is 0 Å². The molecule has 1 amide bonds. The molecule has 1 aliphatic carbocycles. The van der Waals surface area contributed by atoms with Crippen molar-refractivity contribution in [2.45, 2.75) is 38.6 Å². The second-order valence-corrected chi connectivity index (χ2v) is 6.91. The fraction of sp³-hybridized carbons (Fsp3) is 0.412. The molecule has 1 heterocycles. The molecular formula is C17H20N2O2S. The summed E-state index contributed by atoms with van der Waals surface area (Å²) in [5.74, 6) is 0.170. The van der Waals surface area contributed by atoms with E-state index < -0.39 is 0 Å². The van der Waals surface area contributed by atoms with E-state index in [0.717, 1.165) is 17.8 Å². The van der Waals surface area contributed by atoms with Crippen molar-refractivity contribution >= 4 is 17.2 Å². The highest BCUT2D eigenvalue weighted by Gasteiger charge is 2.18. The standard InChI is InChI=1S/C17H20N2O2S/c1-19(17(21)10-12-6-2-4-8-14(12)20)11-16-18-13-7-3-5-9-15(13)22-16/h2,4,6,8,20H,3,5,7,9-11H2,1H3. The van der Waals surface area contributed by atoms with Gasteiger partial charge in [-0.2, -0.15) is 0 Å². The summed E-state index contributed by atoms with van der Waals surface area (Å²) in [5.41, 5.74) is 1.89. The molecule has 0 unspecified atom stereocenters. The molecule has 0 bridgehead atoms. The number of carbonyl (C=O) groups is 1. The van der Waals surface area contributed by atoms with E-state index in [9.17, 15) is 9.90 Å². The molecule has 0 radical (unpaired) electrons. The summed E-state index contributed by atoms with van der Waals surface area (Å²) in [6, 6.07) is 6.98. The van der Waals surface area contributed by atoms with Crippen molar-refractivity contribution in [2.24, 2.45) is 0 Å². The van der Waals surface area contributed by atoms with Gasteiger partial charge in [-0.3, -0.25) is 4.79 Å². The Kier molecular flexibility index (Phi) is 4.43. The highest BCUT2D eigenvalue weighted by molar-refractivity contribution is 7.11. The molecule has 0 aliphatic heterocycles. The third-order valence-electron chi connectivity index (χ3n) is 4.02. The molecule has 0 saturated carbocycles. The van der Waals surface area contributed by atoms with Gasteiger partial charge in [0.15, 0.2) is 0 Å². The Hall–Kier alpha value is -1.88. The molecule has 0 saturated heterocycles. The van der Waals surface area contributed by atoms with Gasteiger partial charge in [0.2, 0.25) is 5.91 Å². The zero-order valence-corrected chi connectivity index (χ0v) is 13.5. The van der Waals surface area contributed by atoms with Crippen molar-refractivity contribution < 1.29 is 9.90 Å². The van der Waals surface area contributed by atoms with Crippen LogP contribution in [0.4, 0.5) is 0 Å². The molecule has 4 nitrogen and oxygen atoms in total. The maximum atomic E-state index is 12.3. The number of fused-ring (bicyclic) bond motifs is 1. The van der Waals surface area contributed by atoms with E-state index in [1.54, 1.807) is 41.5 Å². The average molecular weight is 316 g/mol. The predicted octanol–water partition coefficient (Wildman–Crippen LogP) is 2.93. The first-order valence-corrected chi connectivity index (χ1v) is 8.43. The van der Waals surface area contributed by atoms with E-state index in [-0.39, 0.29) is 18.1 Å². The third-order valence-corrected chi connectivity index (χ3v) is 5.16. The van der Waals surface area contributed by atoms with Gasteiger partial charge in [-0.25, -0.2) is 4.98 Å². The van der Waals surface area contributed by atoms with Gasteiger partial charge in [-0.05, 0) is 31.7 Å². The number of aromatic hydroxyl groups is 1. The van der Waals surface area contributed by atoms with E-state index in [1.165, 1.54) is 23.4 Å². The molecule has 2 aromatic rings. The number of carbonyl (C=O) groups excluding carboxylic acids is 1. The maximum absolute atomic E-state index is 12.3. The number of hydrogen-bond donors (Lipinski definition) is 1. The van der Waals surface area contributed by atoms with Gasteiger partial charge < -0.3 is 10.0 Å². The number of aryl methyl sites for hydroxylation is 2. The molecule has 3 rings (SSSR count). The van der Waals surface area contributed by atoms with Crippen LogP contribution in [-0.2, 0) is 30.6 Å². The molecule has 1 aromatic carbocycles. The van der Waals surface area contributed by atoms with Gasteiger partial charge >= 0.3 is 0 Å². The minimum absolute atomic E-state index is 0.00493. The smallest absolute Gasteiger partial charge is 0.227 e. The lowest BCUT2D eigenvalue weighted by Gasteiger charge is -2.16. The number of rotatable bonds is 4. The van der Waals surface area contributed by atoms with Crippen molar-refractivity contribution in [3.05, 3.63) is 45.4 Å². The lowest BCUT2D eigenvalue weighted by Crippen LogP contribution is -2.27. The van der Waals surface area contributed by atoms with Gasteiger partial charge in [0.25, 0.3) is 0 Å². The monoisotopic (exact) mass is 316 g/mol. The minimum Gasteiger partial charge on any atom is -0.508 e. The molecule has 0 spiro atoms. The number of likely N-dealkylation sites (N-methyl/N-ethyl adjacent to an activating group) is 1. The van der Waals surface area contributed by atoms with Crippen LogP contribution in [0.2, 0.25) is 0 Å². The lowest BCUT2D eigenvalue weighted by atomic mass is 10.0. The highest BCUT2D eigenvalue weighted by atomic mass is 32.1. The van der Waals surface area contributed by atoms with Gasteiger partial charge in [0, 0.05) is 17.5 Å². The number of thiazole rings is 1. The van der Waals surface area contributed by atoms with Gasteiger partial charge in [-0.1, -0.05) is 18.2 Å². The molecule has 116 valence electrons. The number of para-hydroxylation sites is 1. The molecular weight excluding hydrogens is 296 g/mol. The van der Waals surface area contributed by atoms with Gasteiger partial charge in [-0.15, -0.1) is 11.3 Å². The van der Waals surface area contributed by atoms with E-state index in [2.05, 4.69) is 4.98 Å². The molecule has 0 fully saturated rings. The summed E-state index contributed by atoms with van der Waals surface area (Å²) in [4.78, 5) is 20.1. The number of aromatic nitrogens is 1. The lowest BCUT2D eigenvalue weighted by molar-refractivity contribution is -0.129. The normalized spacial score (nSPS) is 13.7. The quantitative estimate of drug-likeness (QED) is 0.943. The Labute approximate surface area is 134 Å². The van der Waals surface area contributed by atoms with Gasteiger partial charge in [0.1, 0.15) is 10.8 Å². The number of hydrogen-bond acceptors (Lipinski definition) is 4. The van der Waals surface area contributed by atoms with Crippen molar-refractivity contribution in [3.63, 3.8) is 0 Å². The number of phenolic OH excluding ortho intramolecular Hbond substituents is 1. The average Bonchev–Trinajstić information content (AvgIpc) is 2.91. The van der Waals surface area contributed by atoms with E-state index in [1.807, 2.05) is 6.07 Å². The third kappa shape index (κ3) is 3.30. The summed E-state index contributed by atoms with van der Waals surface area (Å²) in [5, 5.41) is 10.8. The number of phenols is 1. The Bertz CT molecular complexity index is 658. The Morgan fingerprint density at radius 1 is 1.32 bits per heavy atom. The topological polar surface area (TPSA) is 53.4 Å². The summed E-state index contributed by atoms with van der Waals surface area (Å²) in [7, 11) is 1.79. The zero-order valence-electron chi connectivity index (χ0n) is 12.7. The Balaban J connectivity index is 1.64. The Morgan fingerprint density at radius 3 is 2.86 bits per heavy atom. The fourth-order valence-corrected chi connectivity index (χ4v) is 3.93. The van der Waals surface area contributed by atoms with Crippen LogP contribution in [0.3, 0.4) is 0 Å². The first-order valence-electron chi connectivity index (χ1n) is 7.62. The van der Waals surface area contributed by atoms with Crippen LogP contribution in [0.15, 0.2) is 24.3 Å². The van der Waals surface area contributed by atoms with E-state index in [0.29, 0.717) is 12.1 Å². The molecule has 5 heteroatoms. The van der Waals surface area contributed by atoms with Crippen molar-refractivity contribution in [2.75, 3.05) is 7.05 Å². The molecule has 1 N–H and O–H groups in total. The SMILES string of the molecule is CN(Cc1nc2c(s1)CCCC2)C(=O)Cc1ccccc1O. The van der Waals surface area contributed by atoms with Crippen molar-refractivity contribution in [3.8, 4) is 5.75 Å². The van der Waals surface area contributed by atoms with Crippen molar-refractivity contribution in [1.29, 1.82) is 0 Å². The summed E-state index contributed by atoms with van der Waals surface area (Å²) in [6.45, 7) is 0.546. The zero-order chi connectivity index (χ0) is 15.5. The molecule has 0 atom stereocenters. The van der Waals surface area contributed by atoms with Crippen LogP contribution in [-0.4, -0.2) is 27.9 Å². The van der Waals surface area contributed by atoms with Crippen LogP contribution in [0, 0.1) is 0 Å². The van der Waals surface area contributed by atoms with Crippen LogP contribution in [0.1, 0.15) is 34.0 Å². The molecule has 1 aromatic heterocycles. The van der Waals surface area contributed by atoms with Crippen LogP contribution >= 0.6 is 11.3 Å². The summed E-state index contributed by atoms with van der Waals surface area (Å²) >= 11 is 1.74. The van der Waals surface area contributed by atoms with Crippen molar-refractivity contribution in [1.82, 2.24) is 9.88 Å².